The lowest BCUT2D eigenvalue weighted by Crippen LogP contribution is -2.19. The van der Waals surface area contributed by atoms with Gasteiger partial charge in [0.15, 0.2) is 0 Å². The molecule has 0 aromatic heterocycles. The van der Waals surface area contributed by atoms with Crippen LogP contribution in [0.4, 0.5) is 8.78 Å². The van der Waals surface area contributed by atoms with Crippen LogP contribution in [0.2, 0.25) is 0 Å². The van der Waals surface area contributed by atoms with Crippen LogP contribution in [-0.2, 0) is 11.0 Å². The number of halogens is 2. The van der Waals surface area contributed by atoms with Crippen LogP contribution in [0.25, 0.3) is 0 Å². The van der Waals surface area contributed by atoms with E-state index in [0.717, 1.165) is 18.3 Å². The van der Waals surface area contributed by atoms with Gasteiger partial charge in [-0.15, -0.1) is 0 Å². The molecule has 0 N–H and O–H groups in total. The van der Waals surface area contributed by atoms with Crippen LogP contribution in [-0.4, -0.2) is 15.2 Å². The van der Waals surface area contributed by atoms with Gasteiger partial charge in [-0.05, 0) is 38.5 Å². The third-order valence-corrected chi connectivity index (χ3v) is 3.34. The van der Waals surface area contributed by atoms with Gasteiger partial charge in [0.05, 0.1) is 4.75 Å². The van der Waals surface area contributed by atoms with Crippen molar-refractivity contribution in [3.05, 3.63) is 34.9 Å². The second kappa shape index (κ2) is 5.36. The summed E-state index contributed by atoms with van der Waals surface area (Å²) in [6, 6.07) is 3.38. The number of hydrogen-bond acceptors (Lipinski definition) is 2. The zero-order valence-electron chi connectivity index (χ0n) is 10.2. The molecule has 0 radical (unpaired) electrons. The SMILES string of the molecule is CC(C)(C)[S@@](=O)N=Cc1cc(F)c(C#N)c(F)c1. The van der Waals surface area contributed by atoms with E-state index < -0.39 is 32.9 Å². The Kier molecular flexibility index (Phi) is 4.30. The van der Waals surface area contributed by atoms with Gasteiger partial charge in [-0.2, -0.15) is 9.66 Å². The quantitative estimate of drug-likeness (QED) is 0.776. The van der Waals surface area contributed by atoms with Crippen LogP contribution in [0.3, 0.4) is 0 Å². The van der Waals surface area contributed by atoms with Crippen molar-refractivity contribution in [3.63, 3.8) is 0 Å². The van der Waals surface area contributed by atoms with Gasteiger partial charge in [-0.1, -0.05) is 0 Å². The minimum atomic E-state index is -1.50. The molecule has 0 fully saturated rings. The maximum absolute atomic E-state index is 13.3. The van der Waals surface area contributed by atoms with Crippen molar-refractivity contribution in [2.45, 2.75) is 25.5 Å². The van der Waals surface area contributed by atoms with Crippen molar-refractivity contribution in [1.29, 1.82) is 5.26 Å². The van der Waals surface area contributed by atoms with E-state index in [1.807, 2.05) is 0 Å². The molecule has 0 amide bonds. The molecule has 96 valence electrons. The molecule has 1 atom stereocenters. The Morgan fingerprint density at radius 1 is 1.33 bits per heavy atom. The molecular weight excluding hydrogens is 258 g/mol. The summed E-state index contributed by atoms with van der Waals surface area (Å²) in [5.74, 6) is -1.92. The van der Waals surface area contributed by atoms with Gasteiger partial charge >= 0.3 is 0 Å². The molecule has 3 nitrogen and oxygen atoms in total. The topological polar surface area (TPSA) is 53.2 Å². The highest BCUT2D eigenvalue weighted by molar-refractivity contribution is 7.85. The number of rotatable bonds is 2. The number of nitriles is 1. The van der Waals surface area contributed by atoms with Crippen LogP contribution >= 0.6 is 0 Å². The third kappa shape index (κ3) is 3.44. The van der Waals surface area contributed by atoms with E-state index >= 15 is 0 Å². The summed E-state index contributed by atoms with van der Waals surface area (Å²) >= 11 is 0. The minimum absolute atomic E-state index is 0.126. The molecule has 1 aromatic rings. The lowest BCUT2D eigenvalue weighted by atomic mass is 10.1. The normalized spacial score (nSPS) is 13.6. The Labute approximate surface area is 107 Å². The molecule has 1 aromatic carbocycles. The predicted molar refractivity (Wildman–Crippen MR) is 66.6 cm³/mol. The van der Waals surface area contributed by atoms with Crippen LogP contribution in [0, 0.1) is 23.0 Å². The van der Waals surface area contributed by atoms with Crippen molar-refractivity contribution in [1.82, 2.24) is 0 Å². The first kappa shape index (κ1) is 14.5. The van der Waals surface area contributed by atoms with Gasteiger partial charge in [0.1, 0.15) is 34.3 Å². The lowest BCUT2D eigenvalue weighted by Gasteiger charge is -2.12. The van der Waals surface area contributed by atoms with Crippen LogP contribution in [0.1, 0.15) is 31.9 Å². The second-order valence-corrected chi connectivity index (χ2v) is 6.50. The summed E-state index contributed by atoms with van der Waals surface area (Å²) in [5.41, 5.74) is -0.509. The van der Waals surface area contributed by atoms with Crippen LogP contribution < -0.4 is 0 Å². The molecule has 1 rings (SSSR count). The number of nitrogens with zero attached hydrogens (tertiary/aromatic N) is 2. The maximum atomic E-state index is 13.3. The Hall–Kier alpha value is -1.61. The molecule has 18 heavy (non-hydrogen) atoms. The molecule has 0 spiro atoms. The van der Waals surface area contributed by atoms with E-state index in [0.29, 0.717) is 0 Å². The Bertz CT molecular complexity index is 533. The first-order chi connectivity index (χ1) is 8.25. The highest BCUT2D eigenvalue weighted by atomic mass is 32.2. The fraction of sp³-hybridized carbons (Fsp3) is 0.333. The summed E-state index contributed by atoms with van der Waals surface area (Å²) < 4.78 is 41.3. The van der Waals surface area contributed by atoms with Crippen LogP contribution in [0.5, 0.6) is 0 Å². The summed E-state index contributed by atoms with van der Waals surface area (Å²) in [5, 5.41) is 8.50. The average molecular weight is 270 g/mol. The third-order valence-electron chi connectivity index (χ3n) is 2.00. The van der Waals surface area contributed by atoms with Crippen LogP contribution in [0.15, 0.2) is 16.5 Å². The molecule has 0 aliphatic carbocycles. The number of benzene rings is 1. The van der Waals surface area contributed by atoms with E-state index in [9.17, 15) is 13.0 Å². The van der Waals surface area contributed by atoms with E-state index in [-0.39, 0.29) is 5.56 Å². The van der Waals surface area contributed by atoms with Gasteiger partial charge in [-0.25, -0.2) is 13.0 Å². The highest BCUT2D eigenvalue weighted by Gasteiger charge is 2.18. The van der Waals surface area contributed by atoms with E-state index in [1.165, 1.54) is 6.07 Å². The van der Waals surface area contributed by atoms with E-state index in [4.69, 9.17) is 5.26 Å². The zero-order valence-corrected chi connectivity index (χ0v) is 11.0. The molecule has 0 heterocycles. The van der Waals surface area contributed by atoms with Gasteiger partial charge in [0.25, 0.3) is 0 Å². The second-order valence-electron chi connectivity index (χ2n) is 4.57. The van der Waals surface area contributed by atoms with Crippen molar-refractivity contribution >= 4 is 17.2 Å². The lowest BCUT2D eigenvalue weighted by molar-refractivity contribution is 0.576. The summed E-state index contributed by atoms with van der Waals surface area (Å²) in [6.07, 6.45) is 1.13. The van der Waals surface area contributed by atoms with E-state index in [2.05, 4.69) is 4.40 Å². The monoisotopic (exact) mass is 270 g/mol. The molecule has 0 saturated carbocycles. The van der Waals surface area contributed by atoms with Gasteiger partial charge in [0, 0.05) is 6.21 Å². The average Bonchev–Trinajstić information content (AvgIpc) is 2.24. The van der Waals surface area contributed by atoms with Gasteiger partial charge in [0.2, 0.25) is 0 Å². The fourth-order valence-corrected chi connectivity index (χ4v) is 1.57. The largest absolute Gasteiger partial charge is 0.234 e. The smallest absolute Gasteiger partial charge is 0.144 e. The van der Waals surface area contributed by atoms with Crippen molar-refractivity contribution < 1.29 is 13.0 Å². The summed E-state index contributed by atoms with van der Waals surface area (Å²) in [6.45, 7) is 5.21. The Morgan fingerprint density at radius 2 is 1.83 bits per heavy atom. The Morgan fingerprint density at radius 3 is 2.22 bits per heavy atom. The van der Waals surface area contributed by atoms with Gasteiger partial charge in [-0.3, -0.25) is 0 Å². The highest BCUT2D eigenvalue weighted by Crippen LogP contribution is 2.15. The molecule has 6 heteroatoms. The molecule has 0 unspecified atom stereocenters. The first-order valence-corrected chi connectivity index (χ1v) is 6.21. The van der Waals surface area contributed by atoms with Crippen molar-refractivity contribution in [2.24, 2.45) is 4.40 Å². The molecule has 0 aliphatic heterocycles. The van der Waals surface area contributed by atoms with Crippen molar-refractivity contribution in [2.75, 3.05) is 0 Å². The zero-order chi connectivity index (χ0) is 13.9. The predicted octanol–water partition coefficient (Wildman–Crippen LogP) is 2.72. The molecule has 0 aliphatic rings. The Balaban J connectivity index is 3.05. The van der Waals surface area contributed by atoms with Gasteiger partial charge < -0.3 is 0 Å². The summed E-state index contributed by atoms with van der Waals surface area (Å²) in [7, 11) is -1.50. The minimum Gasteiger partial charge on any atom is -0.234 e. The summed E-state index contributed by atoms with van der Waals surface area (Å²) in [4.78, 5) is 0. The first-order valence-electron chi connectivity index (χ1n) is 5.11. The number of hydrogen-bond donors (Lipinski definition) is 0. The van der Waals surface area contributed by atoms with Crippen molar-refractivity contribution in [3.8, 4) is 6.07 Å². The molecule has 0 saturated heterocycles. The van der Waals surface area contributed by atoms with E-state index in [1.54, 1.807) is 20.8 Å². The standard InChI is InChI=1S/C12H12F2N2OS/c1-12(2,3)18(17)16-7-8-4-10(13)9(6-15)11(14)5-8/h4-5,7H,1-3H3/t18-/m1/s1. The molecule has 0 bridgehead atoms. The molecular formula is C12H12F2N2OS. The maximum Gasteiger partial charge on any atom is 0.144 e. The fourth-order valence-electron chi connectivity index (χ4n) is 1.04.